The van der Waals surface area contributed by atoms with Crippen LogP contribution in [-0.2, 0) is 20.9 Å². The van der Waals surface area contributed by atoms with Gasteiger partial charge in [0.25, 0.3) is 5.91 Å². The molecule has 0 spiro atoms. The van der Waals surface area contributed by atoms with Crippen LogP contribution in [0.25, 0.3) is 0 Å². The number of benzene rings is 2. The molecule has 154 valence electrons. The van der Waals surface area contributed by atoms with E-state index in [4.69, 9.17) is 13.9 Å². The fraction of sp³-hybridized carbons (Fsp3) is 0.174. The van der Waals surface area contributed by atoms with Crippen molar-refractivity contribution in [2.45, 2.75) is 19.6 Å². The van der Waals surface area contributed by atoms with Crippen molar-refractivity contribution in [1.29, 1.82) is 0 Å². The molecule has 7 heteroatoms. The molecule has 7 nitrogen and oxygen atoms in total. The van der Waals surface area contributed by atoms with Crippen molar-refractivity contribution in [2.24, 2.45) is 0 Å². The first-order chi connectivity index (χ1) is 14.5. The van der Waals surface area contributed by atoms with Crippen molar-refractivity contribution >= 4 is 17.7 Å². The Morgan fingerprint density at radius 3 is 2.30 bits per heavy atom. The average molecular weight is 407 g/mol. The average Bonchev–Trinajstić information content (AvgIpc) is 3.30. The smallest absolute Gasteiger partial charge is 0.344 e. The summed E-state index contributed by atoms with van der Waals surface area (Å²) in [6.07, 6.45) is 0.536. The highest BCUT2D eigenvalue weighted by Gasteiger charge is 2.18. The summed E-state index contributed by atoms with van der Waals surface area (Å²) in [7, 11) is 0. The zero-order chi connectivity index (χ0) is 21.3. The molecule has 0 aliphatic rings. The summed E-state index contributed by atoms with van der Waals surface area (Å²) in [5.74, 6) is -0.217. The minimum absolute atomic E-state index is 0.101. The zero-order valence-electron chi connectivity index (χ0n) is 16.4. The second-order valence-electron chi connectivity index (χ2n) is 6.44. The van der Waals surface area contributed by atoms with Gasteiger partial charge in [0.1, 0.15) is 11.5 Å². The van der Waals surface area contributed by atoms with Gasteiger partial charge < -0.3 is 19.2 Å². The Labute approximate surface area is 173 Å². The van der Waals surface area contributed by atoms with Crippen molar-refractivity contribution in [3.8, 4) is 5.75 Å². The summed E-state index contributed by atoms with van der Waals surface area (Å²) in [5.41, 5.74) is 1.10. The molecule has 0 unspecified atom stereocenters. The van der Waals surface area contributed by atoms with E-state index in [1.54, 1.807) is 60.7 Å². The van der Waals surface area contributed by atoms with Crippen LogP contribution in [0.4, 0.5) is 0 Å². The molecule has 1 aromatic heterocycles. The predicted molar refractivity (Wildman–Crippen MR) is 108 cm³/mol. The van der Waals surface area contributed by atoms with E-state index in [0.29, 0.717) is 22.6 Å². The SMILES string of the molecule is C[C@H](OC(=O)COc1ccc(C(=O)c2ccccc2)cc1)C(=O)NCc1ccco1. The van der Waals surface area contributed by atoms with Crippen molar-refractivity contribution in [1.82, 2.24) is 5.32 Å². The highest BCUT2D eigenvalue weighted by atomic mass is 16.6. The third-order valence-corrected chi connectivity index (χ3v) is 4.20. The molecule has 0 aliphatic carbocycles. The third-order valence-electron chi connectivity index (χ3n) is 4.20. The summed E-state index contributed by atoms with van der Waals surface area (Å²) < 4.78 is 15.6. The lowest BCUT2D eigenvalue weighted by molar-refractivity contribution is -0.156. The van der Waals surface area contributed by atoms with Crippen LogP contribution in [0, 0.1) is 0 Å². The Bertz CT molecular complexity index is 980. The fourth-order valence-electron chi connectivity index (χ4n) is 2.62. The van der Waals surface area contributed by atoms with Crippen LogP contribution in [0.1, 0.15) is 28.6 Å². The van der Waals surface area contributed by atoms with E-state index in [1.165, 1.54) is 13.2 Å². The molecule has 1 amide bonds. The molecule has 0 radical (unpaired) electrons. The van der Waals surface area contributed by atoms with Crippen LogP contribution in [-0.4, -0.2) is 30.4 Å². The van der Waals surface area contributed by atoms with Crippen LogP contribution in [0.3, 0.4) is 0 Å². The third kappa shape index (κ3) is 5.81. The summed E-state index contributed by atoms with van der Waals surface area (Å²) in [5, 5.41) is 2.61. The van der Waals surface area contributed by atoms with E-state index in [2.05, 4.69) is 5.32 Å². The number of amides is 1. The second-order valence-corrected chi connectivity index (χ2v) is 6.44. The van der Waals surface area contributed by atoms with Gasteiger partial charge in [0, 0.05) is 11.1 Å². The van der Waals surface area contributed by atoms with E-state index < -0.39 is 18.0 Å². The van der Waals surface area contributed by atoms with Crippen LogP contribution in [0.2, 0.25) is 0 Å². The molecule has 0 bridgehead atoms. The van der Waals surface area contributed by atoms with E-state index in [9.17, 15) is 14.4 Å². The Kier molecular flexibility index (Phi) is 7.00. The van der Waals surface area contributed by atoms with Gasteiger partial charge in [-0.3, -0.25) is 9.59 Å². The molecule has 0 saturated carbocycles. The quantitative estimate of drug-likeness (QED) is 0.433. The Morgan fingerprint density at radius 1 is 0.933 bits per heavy atom. The lowest BCUT2D eigenvalue weighted by Crippen LogP contribution is -2.36. The van der Waals surface area contributed by atoms with Crippen molar-refractivity contribution in [3.63, 3.8) is 0 Å². The predicted octanol–water partition coefficient (Wildman–Crippen LogP) is 3.14. The molecule has 1 heterocycles. The monoisotopic (exact) mass is 407 g/mol. The topological polar surface area (TPSA) is 94.8 Å². The Balaban J connectivity index is 1.44. The molecule has 0 saturated heterocycles. The molecule has 2 aromatic carbocycles. The van der Waals surface area contributed by atoms with Crippen LogP contribution in [0.15, 0.2) is 77.4 Å². The Morgan fingerprint density at radius 2 is 1.63 bits per heavy atom. The number of esters is 1. The number of hydrogen-bond donors (Lipinski definition) is 1. The maximum absolute atomic E-state index is 12.4. The van der Waals surface area contributed by atoms with Gasteiger partial charge in [-0.05, 0) is 43.3 Å². The van der Waals surface area contributed by atoms with Crippen LogP contribution < -0.4 is 10.1 Å². The minimum Gasteiger partial charge on any atom is -0.482 e. The summed E-state index contributed by atoms with van der Waals surface area (Å²) in [4.78, 5) is 36.3. The highest BCUT2D eigenvalue weighted by Crippen LogP contribution is 2.15. The van der Waals surface area contributed by atoms with E-state index in [0.717, 1.165) is 0 Å². The van der Waals surface area contributed by atoms with Crippen LogP contribution in [0.5, 0.6) is 5.75 Å². The van der Waals surface area contributed by atoms with Gasteiger partial charge in [-0.25, -0.2) is 4.79 Å². The summed E-state index contributed by atoms with van der Waals surface area (Å²) >= 11 is 0. The fourth-order valence-corrected chi connectivity index (χ4v) is 2.62. The van der Waals surface area contributed by atoms with Gasteiger partial charge in [0.05, 0.1) is 12.8 Å². The molecule has 0 fully saturated rings. The molecule has 3 rings (SSSR count). The zero-order valence-corrected chi connectivity index (χ0v) is 16.4. The van der Waals surface area contributed by atoms with E-state index in [1.807, 2.05) is 6.07 Å². The van der Waals surface area contributed by atoms with Crippen molar-refractivity contribution in [2.75, 3.05) is 6.61 Å². The highest BCUT2D eigenvalue weighted by molar-refractivity contribution is 6.08. The molecule has 1 atom stereocenters. The second kappa shape index (κ2) is 10.1. The van der Waals surface area contributed by atoms with Gasteiger partial charge >= 0.3 is 5.97 Å². The normalized spacial score (nSPS) is 11.4. The van der Waals surface area contributed by atoms with Crippen LogP contribution >= 0.6 is 0 Å². The standard InChI is InChI=1S/C23H21NO6/c1-16(23(27)24-14-20-8-5-13-28-20)30-21(25)15-29-19-11-9-18(10-12-19)22(26)17-6-3-2-4-7-17/h2-13,16H,14-15H2,1H3,(H,24,27)/t16-/m0/s1. The number of rotatable bonds is 9. The molecule has 3 aromatic rings. The van der Waals surface area contributed by atoms with Gasteiger partial charge in [-0.15, -0.1) is 0 Å². The number of carbonyl (C=O) groups is 3. The van der Waals surface area contributed by atoms with E-state index in [-0.39, 0.29) is 18.9 Å². The molecular formula is C23H21NO6. The number of furan rings is 1. The van der Waals surface area contributed by atoms with Gasteiger partial charge in [-0.2, -0.15) is 0 Å². The van der Waals surface area contributed by atoms with E-state index >= 15 is 0 Å². The molecule has 1 N–H and O–H groups in total. The minimum atomic E-state index is -0.970. The van der Waals surface area contributed by atoms with Crippen molar-refractivity contribution < 1.29 is 28.3 Å². The van der Waals surface area contributed by atoms with Gasteiger partial charge in [0.15, 0.2) is 18.5 Å². The number of carbonyl (C=O) groups excluding carboxylic acids is 3. The number of hydrogen-bond acceptors (Lipinski definition) is 6. The van der Waals surface area contributed by atoms with Gasteiger partial charge in [0.2, 0.25) is 0 Å². The maximum Gasteiger partial charge on any atom is 0.344 e. The largest absolute Gasteiger partial charge is 0.482 e. The number of ether oxygens (including phenoxy) is 2. The van der Waals surface area contributed by atoms with Crippen molar-refractivity contribution in [3.05, 3.63) is 89.9 Å². The summed E-state index contributed by atoms with van der Waals surface area (Å²) in [6.45, 7) is 1.32. The lowest BCUT2D eigenvalue weighted by atomic mass is 10.0. The molecule has 30 heavy (non-hydrogen) atoms. The first-order valence-electron chi connectivity index (χ1n) is 9.35. The molecular weight excluding hydrogens is 386 g/mol. The molecule has 0 aliphatic heterocycles. The first-order valence-corrected chi connectivity index (χ1v) is 9.35. The number of ketones is 1. The first kappa shape index (κ1) is 20.9. The number of nitrogens with one attached hydrogen (secondary N) is 1. The summed E-state index contributed by atoms with van der Waals surface area (Å²) in [6, 6.07) is 18.8. The maximum atomic E-state index is 12.4. The lowest BCUT2D eigenvalue weighted by Gasteiger charge is -2.13. The Hall–Kier alpha value is -3.87. The van der Waals surface area contributed by atoms with Gasteiger partial charge in [-0.1, -0.05) is 30.3 Å².